The van der Waals surface area contributed by atoms with Gasteiger partial charge in [0.25, 0.3) is 0 Å². The van der Waals surface area contributed by atoms with Gasteiger partial charge in [-0.2, -0.15) is 0 Å². The fraction of sp³-hybridized carbons (Fsp3) is 0.0164. The lowest BCUT2D eigenvalue weighted by Crippen LogP contribution is -1.96. The number of benzene rings is 11. The second-order valence-corrected chi connectivity index (χ2v) is 16.6. The maximum Gasteiger partial charge on any atom is -0.000740 e. The maximum atomic E-state index is 2.48. The predicted molar refractivity (Wildman–Crippen MR) is 259 cm³/mol. The van der Waals surface area contributed by atoms with E-state index in [0.29, 0.717) is 0 Å². The van der Waals surface area contributed by atoms with E-state index in [4.69, 9.17) is 0 Å². The Labute approximate surface area is 355 Å². The molecule has 0 amide bonds. The monoisotopic (exact) mass is 770 g/mol. The molecule has 282 valence electrons. The van der Waals surface area contributed by atoms with E-state index >= 15 is 0 Å². The first kappa shape index (κ1) is 34.1. The van der Waals surface area contributed by atoms with Crippen molar-refractivity contribution in [2.45, 2.75) is 6.42 Å². The van der Waals surface area contributed by atoms with Gasteiger partial charge in [0.1, 0.15) is 0 Å². The minimum Gasteiger partial charge on any atom is -0.0622 e. The van der Waals surface area contributed by atoms with Crippen LogP contribution < -0.4 is 0 Å². The molecule has 0 aliphatic heterocycles. The summed E-state index contributed by atoms with van der Waals surface area (Å²) in [6.07, 6.45) is 0.880. The Morgan fingerprint density at radius 1 is 0.213 bits per heavy atom. The Bertz CT molecular complexity index is 3460. The zero-order valence-electron chi connectivity index (χ0n) is 33.5. The summed E-state index contributed by atoms with van der Waals surface area (Å²) in [6.45, 7) is 0. The van der Waals surface area contributed by atoms with E-state index in [0.717, 1.165) is 6.42 Å². The molecule has 0 heterocycles. The van der Waals surface area contributed by atoms with Crippen molar-refractivity contribution in [2.75, 3.05) is 0 Å². The highest BCUT2D eigenvalue weighted by Gasteiger charge is 2.37. The van der Waals surface area contributed by atoms with Crippen molar-refractivity contribution in [3.05, 3.63) is 230 Å². The van der Waals surface area contributed by atoms with Crippen LogP contribution in [-0.2, 0) is 6.42 Å². The molecule has 0 spiro atoms. The lowest BCUT2D eigenvalue weighted by Gasteiger charge is -2.21. The number of hydrogen-bond acceptors (Lipinski definition) is 0. The summed E-state index contributed by atoms with van der Waals surface area (Å²) in [5.74, 6) is 0. The first-order valence-electron chi connectivity index (χ1n) is 21.4. The summed E-state index contributed by atoms with van der Waals surface area (Å²) in [5, 5.41) is 7.86. The molecule has 11 aromatic rings. The van der Waals surface area contributed by atoms with Gasteiger partial charge in [0.15, 0.2) is 0 Å². The zero-order chi connectivity index (χ0) is 40.0. The van der Waals surface area contributed by atoms with Crippen molar-refractivity contribution < 1.29 is 0 Å². The molecule has 0 radical (unpaired) electrons. The van der Waals surface area contributed by atoms with Crippen molar-refractivity contribution in [2.24, 2.45) is 0 Å². The van der Waals surface area contributed by atoms with E-state index in [1.54, 1.807) is 0 Å². The van der Waals surface area contributed by atoms with Crippen molar-refractivity contribution in [3.8, 4) is 89.0 Å². The van der Waals surface area contributed by atoms with Gasteiger partial charge in [0.2, 0.25) is 0 Å². The third-order valence-electron chi connectivity index (χ3n) is 13.3. The van der Waals surface area contributed by atoms with Crippen molar-refractivity contribution >= 4 is 32.3 Å². The Morgan fingerprint density at radius 2 is 0.525 bits per heavy atom. The standard InChI is InChI=1S/C61H38/c1-6-18-38(19-7-1)36-39-30-31-46-51(37-39)55(43-26-14-5-15-27-43)61-50-35-34-48-56-47(32-33-49(57(50)56)60(61)54(46)42-24-12-4-13-25-42)58-52(40-20-8-2-9-21-40)44-28-16-17-29-45(44)53(59(48)58)41-22-10-3-11-23-41/h1-35,37H,36H2. The van der Waals surface area contributed by atoms with Crippen LogP contribution in [0.3, 0.4) is 0 Å². The smallest absolute Gasteiger partial charge is 0.000740 e. The molecule has 0 saturated carbocycles. The molecular formula is C61H38. The number of fused-ring (bicyclic) bond motifs is 8. The Balaban J connectivity index is 1.18. The molecule has 13 rings (SSSR count). The van der Waals surface area contributed by atoms with Crippen LogP contribution in [0.5, 0.6) is 0 Å². The minimum atomic E-state index is 0.880. The first-order valence-corrected chi connectivity index (χ1v) is 21.4. The van der Waals surface area contributed by atoms with Crippen LogP contribution in [0.15, 0.2) is 218 Å². The average Bonchev–Trinajstić information content (AvgIpc) is 3.83. The van der Waals surface area contributed by atoms with Crippen LogP contribution in [-0.4, -0.2) is 0 Å². The quantitative estimate of drug-likeness (QED) is 0.158. The summed E-state index contributed by atoms with van der Waals surface area (Å²) in [4.78, 5) is 0. The maximum absolute atomic E-state index is 2.48. The molecule has 0 fully saturated rings. The van der Waals surface area contributed by atoms with Crippen LogP contribution in [0.1, 0.15) is 11.1 Å². The minimum absolute atomic E-state index is 0.880. The van der Waals surface area contributed by atoms with Crippen LogP contribution >= 0.6 is 0 Å². The zero-order valence-corrected chi connectivity index (χ0v) is 33.5. The van der Waals surface area contributed by atoms with Gasteiger partial charge < -0.3 is 0 Å². The molecule has 0 unspecified atom stereocenters. The number of hydrogen-bond donors (Lipinski definition) is 0. The first-order chi connectivity index (χ1) is 30.3. The summed E-state index contributed by atoms with van der Waals surface area (Å²) < 4.78 is 0. The molecular weight excluding hydrogens is 733 g/mol. The molecule has 0 bridgehead atoms. The van der Waals surface area contributed by atoms with E-state index in [1.165, 1.54) is 132 Å². The lowest BCUT2D eigenvalue weighted by molar-refractivity contribution is 1.20. The molecule has 61 heavy (non-hydrogen) atoms. The highest BCUT2D eigenvalue weighted by molar-refractivity contribution is 6.35. The molecule has 2 aliphatic rings. The Morgan fingerprint density at radius 3 is 0.902 bits per heavy atom. The van der Waals surface area contributed by atoms with Gasteiger partial charge in [-0.1, -0.05) is 218 Å². The Kier molecular flexibility index (Phi) is 7.47. The van der Waals surface area contributed by atoms with Gasteiger partial charge in [-0.15, -0.1) is 0 Å². The SMILES string of the molecule is c1ccc(Cc2ccc3c(-c4ccccc4)c4c(c(-c5ccccc5)c3c2)-c2ccc3c5c(ccc-4c25)-c2c-3c(-c3ccccc3)c3ccccc3c2-c2ccccc2)cc1. The van der Waals surface area contributed by atoms with Crippen molar-refractivity contribution in [1.82, 2.24) is 0 Å². The van der Waals surface area contributed by atoms with Gasteiger partial charge in [-0.25, -0.2) is 0 Å². The molecule has 0 nitrogen and oxygen atoms in total. The van der Waals surface area contributed by atoms with E-state index < -0.39 is 0 Å². The molecule has 2 aliphatic carbocycles. The van der Waals surface area contributed by atoms with Crippen LogP contribution in [0, 0.1) is 0 Å². The van der Waals surface area contributed by atoms with Gasteiger partial charge in [-0.3, -0.25) is 0 Å². The van der Waals surface area contributed by atoms with Gasteiger partial charge >= 0.3 is 0 Å². The highest BCUT2D eigenvalue weighted by atomic mass is 14.4. The van der Waals surface area contributed by atoms with E-state index in [2.05, 4.69) is 218 Å². The van der Waals surface area contributed by atoms with Crippen LogP contribution in [0.25, 0.3) is 121 Å². The van der Waals surface area contributed by atoms with Gasteiger partial charge in [0.05, 0.1) is 0 Å². The number of rotatable bonds is 6. The van der Waals surface area contributed by atoms with Crippen LogP contribution in [0.2, 0.25) is 0 Å². The van der Waals surface area contributed by atoms with Gasteiger partial charge in [-0.05, 0) is 139 Å². The normalized spacial score (nSPS) is 12.0. The third kappa shape index (κ3) is 5.00. The van der Waals surface area contributed by atoms with E-state index in [1.807, 2.05) is 0 Å². The van der Waals surface area contributed by atoms with Crippen LogP contribution in [0.4, 0.5) is 0 Å². The third-order valence-corrected chi connectivity index (χ3v) is 13.3. The fourth-order valence-electron chi connectivity index (χ4n) is 10.9. The van der Waals surface area contributed by atoms with E-state index in [9.17, 15) is 0 Å². The molecule has 0 heteroatoms. The molecule has 0 atom stereocenters. The van der Waals surface area contributed by atoms with Crippen molar-refractivity contribution in [1.29, 1.82) is 0 Å². The lowest BCUT2D eigenvalue weighted by atomic mass is 9.81. The molecule has 0 saturated heterocycles. The Hall–Kier alpha value is -7.80. The van der Waals surface area contributed by atoms with Crippen molar-refractivity contribution in [3.63, 3.8) is 0 Å². The summed E-state index contributed by atoms with van der Waals surface area (Å²) >= 11 is 0. The summed E-state index contributed by atoms with van der Waals surface area (Å²) in [6, 6.07) is 81.3. The average molecular weight is 771 g/mol. The predicted octanol–water partition coefficient (Wildman–Crippen LogP) is 16.7. The summed E-state index contributed by atoms with van der Waals surface area (Å²) in [7, 11) is 0. The molecule has 0 aromatic heterocycles. The second-order valence-electron chi connectivity index (χ2n) is 16.6. The molecule has 11 aromatic carbocycles. The largest absolute Gasteiger partial charge is 0.0622 e. The summed E-state index contributed by atoms with van der Waals surface area (Å²) in [5.41, 5.74) is 23.4. The van der Waals surface area contributed by atoms with E-state index in [-0.39, 0.29) is 0 Å². The fourth-order valence-corrected chi connectivity index (χ4v) is 10.9. The van der Waals surface area contributed by atoms with Gasteiger partial charge in [0, 0.05) is 0 Å². The topological polar surface area (TPSA) is 0 Å². The molecule has 0 N–H and O–H groups in total. The second kappa shape index (κ2) is 13.4. The highest BCUT2D eigenvalue weighted by Crippen LogP contribution is 2.64.